The molecule has 0 aromatic heterocycles. The molecule has 2 rings (SSSR count). The number of methoxy groups -OCH3 is 1. The van der Waals surface area contributed by atoms with Crippen molar-refractivity contribution in [3.05, 3.63) is 64.4 Å². The van der Waals surface area contributed by atoms with Crippen molar-refractivity contribution in [3.63, 3.8) is 0 Å². The molecule has 0 radical (unpaired) electrons. The number of Topliss-reactive ketones (excluding diaryl/α,β-unsaturated/α-hetero) is 1. The van der Waals surface area contributed by atoms with Gasteiger partial charge in [-0.15, -0.1) is 0 Å². The fraction of sp³-hybridized carbons (Fsp3) is 0.133. The molecule has 0 saturated carbocycles. The first-order chi connectivity index (χ1) is 9.11. The lowest BCUT2D eigenvalue weighted by Crippen LogP contribution is -2.06. The number of halogens is 2. The van der Waals surface area contributed by atoms with Crippen LogP contribution < -0.4 is 4.74 Å². The molecule has 0 spiro atoms. The van der Waals surface area contributed by atoms with Crippen LogP contribution in [0.3, 0.4) is 0 Å². The van der Waals surface area contributed by atoms with Crippen LogP contribution in [0.2, 0.25) is 5.02 Å². The highest BCUT2D eigenvalue weighted by molar-refractivity contribution is 6.31. The molecule has 2 aromatic carbocycles. The van der Waals surface area contributed by atoms with Gasteiger partial charge < -0.3 is 4.74 Å². The summed E-state index contributed by atoms with van der Waals surface area (Å²) in [5.74, 6) is -0.341. The van der Waals surface area contributed by atoms with Gasteiger partial charge in [0.2, 0.25) is 0 Å². The Balaban J connectivity index is 2.30. The van der Waals surface area contributed by atoms with E-state index in [9.17, 15) is 9.18 Å². The third-order valence-electron chi connectivity index (χ3n) is 2.77. The number of ketones is 1. The Kier molecular flexibility index (Phi) is 4.17. The summed E-state index contributed by atoms with van der Waals surface area (Å²) in [6.07, 6.45) is 0.111. The van der Waals surface area contributed by atoms with Crippen molar-refractivity contribution >= 4 is 17.4 Å². The van der Waals surface area contributed by atoms with Gasteiger partial charge in [-0.3, -0.25) is 4.79 Å². The average molecular weight is 279 g/mol. The molecule has 0 saturated heterocycles. The van der Waals surface area contributed by atoms with Crippen LogP contribution in [0.1, 0.15) is 15.9 Å². The van der Waals surface area contributed by atoms with Crippen molar-refractivity contribution in [2.24, 2.45) is 0 Å². The van der Waals surface area contributed by atoms with Crippen LogP contribution in [0.5, 0.6) is 5.75 Å². The topological polar surface area (TPSA) is 26.3 Å². The maximum absolute atomic E-state index is 13.2. The van der Waals surface area contributed by atoms with Crippen LogP contribution >= 0.6 is 11.6 Å². The zero-order valence-corrected chi connectivity index (χ0v) is 11.1. The smallest absolute Gasteiger partial charge is 0.171 e. The highest BCUT2D eigenvalue weighted by Crippen LogP contribution is 2.23. The third-order valence-corrected chi connectivity index (χ3v) is 3.14. The van der Waals surface area contributed by atoms with Crippen LogP contribution in [0.25, 0.3) is 0 Å². The summed E-state index contributed by atoms with van der Waals surface area (Å²) in [5.41, 5.74) is 0.933. The molecule has 0 unspecified atom stereocenters. The summed E-state index contributed by atoms with van der Waals surface area (Å²) < 4.78 is 18.3. The minimum Gasteiger partial charge on any atom is -0.496 e. The highest BCUT2D eigenvalue weighted by Gasteiger charge is 2.15. The van der Waals surface area contributed by atoms with E-state index in [0.717, 1.165) is 0 Å². The number of carbonyl (C=O) groups is 1. The Hall–Kier alpha value is -1.87. The van der Waals surface area contributed by atoms with Crippen LogP contribution in [-0.4, -0.2) is 12.9 Å². The SMILES string of the molecule is COc1ccc(F)cc1C(=O)Cc1ccccc1Cl. The predicted octanol–water partition coefficient (Wildman–Crippen LogP) is 3.91. The van der Waals surface area contributed by atoms with E-state index < -0.39 is 5.82 Å². The Bertz CT molecular complexity index is 611. The molecule has 0 N–H and O–H groups in total. The minimum atomic E-state index is -0.469. The fourth-order valence-corrected chi connectivity index (χ4v) is 2.01. The van der Waals surface area contributed by atoms with Gasteiger partial charge in [-0.25, -0.2) is 4.39 Å². The van der Waals surface area contributed by atoms with Crippen LogP contribution in [0, 0.1) is 5.82 Å². The van der Waals surface area contributed by atoms with Crippen LogP contribution in [0.4, 0.5) is 4.39 Å². The Morgan fingerprint density at radius 2 is 2.00 bits per heavy atom. The molecule has 0 amide bonds. The molecule has 19 heavy (non-hydrogen) atoms. The van der Waals surface area contributed by atoms with Crippen LogP contribution in [-0.2, 0) is 6.42 Å². The lowest BCUT2D eigenvalue weighted by Gasteiger charge is -2.08. The van der Waals surface area contributed by atoms with Crippen molar-refractivity contribution in [2.75, 3.05) is 7.11 Å². The zero-order valence-electron chi connectivity index (χ0n) is 10.3. The zero-order chi connectivity index (χ0) is 13.8. The standard InChI is InChI=1S/C15H12ClFO2/c1-19-15-7-6-11(17)9-12(15)14(18)8-10-4-2-3-5-13(10)16/h2-7,9H,8H2,1H3. The van der Waals surface area contributed by atoms with Crippen molar-refractivity contribution in [1.29, 1.82) is 0 Å². The lowest BCUT2D eigenvalue weighted by molar-refractivity contribution is 0.0989. The molecule has 0 atom stereocenters. The van der Waals surface area contributed by atoms with E-state index in [1.165, 1.54) is 25.3 Å². The van der Waals surface area contributed by atoms with E-state index in [0.29, 0.717) is 16.3 Å². The van der Waals surface area contributed by atoms with Crippen molar-refractivity contribution in [1.82, 2.24) is 0 Å². The second kappa shape index (κ2) is 5.85. The summed E-state index contributed by atoms with van der Waals surface area (Å²) in [6, 6.07) is 11.0. The molecule has 0 aliphatic carbocycles. The molecule has 0 heterocycles. The van der Waals surface area contributed by atoms with Crippen molar-refractivity contribution in [3.8, 4) is 5.75 Å². The summed E-state index contributed by atoms with van der Waals surface area (Å²) in [4.78, 5) is 12.2. The van der Waals surface area contributed by atoms with Gasteiger partial charge >= 0.3 is 0 Å². The van der Waals surface area contributed by atoms with E-state index >= 15 is 0 Å². The van der Waals surface area contributed by atoms with Crippen LogP contribution in [0.15, 0.2) is 42.5 Å². The largest absolute Gasteiger partial charge is 0.496 e. The van der Waals surface area contributed by atoms with E-state index in [1.54, 1.807) is 24.3 Å². The second-order valence-electron chi connectivity index (χ2n) is 4.04. The lowest BCUT2D eigenvalue weighted by atomic mass is 10.0. The van der Waals surface area contributed by atoms with E-state index in [2.05, 4.69) is 0 Å². The van der Waals surface area contributed by atoms with Gasteiger partial charge in [0, 0.05) is 11.4 Å². The monoisotopic (exact) mass is 278 g/mol. The highest BCUT2D eigenvalue weighted by atomic mass is 35.5. The summed E-state index contributed by atoms with van der Waals surface area (Å²) in [5, 5.41) is 0.520. The maximum Gasteiger partial charge on any atom is 0.171 e. The third kappa shape index (κ3) is 3.12. The fourth-order valence-electron chi connectivity index (χ4n) is 1.81. The molecular formula is C15H12ClFO2. The molecule has 98 valence electrons. The normalized spacial score (nSPS) is 10.3. The molecule has 2 aromatic rings. The van der Waals surface area contributed by atoms with Gasteiger partial charge in [0.15, 0.2) is 5.78 Å². The number of benzene rings is 2. The first-order valence-corrected chi connectivity index (χ1v) is 6.09. The van der Waals surface area contributed by atoms with E-state index in [-0.39, 0.29) is 17.8 Å². The summed E-state index contributed by atoms with van der Waals surface area (Å²) in [6.45, 7) is 0. The molecule has 4 heteroatoms. The maximum atomic E-state index is 13.2. The Labute approximate surface area is 115 Å². The van der Waals surface area contributed by atoms with Gasteiger partial charge in [-0.05, 0) is 29.8 Å². The van der Waals surface area contributed by atoms with Gasteiger partial charge in [0.05, 0.1) is 12.7 Å². The van der Waals surface area contributed by atoms with Gasteiger partial charge in [-0.1, -0.05) is 29.8 Å². The van der Waals surface area contributed by atoms with E-state index in [1.807, 2.05) is 0 Å². The quantitative estimate of drug-likeness (QED) is 0.793. The Morgan fingerprint density at radius 3 is 2.68 bits per heavy atom. The van der Waals surface area contributed by atoms with E-state index in [4.69, 9.17) is 16.3 Å². The first kappa shape index (κ1) is 13.6. The molecule has 0 fully saturated rings. The molecule has 0 aliphatic heterocycles. The molecular weight excluding hydrogens is 267 g/mol. The molecule has 0 bridgehead atoms. The van der Waals surface area contributed by atoms with Gasteiger partial charge in [0.1, 0.15) is 11.6 Å². The molecule has 2 nitrogen and oxygen atoms in total. The van der Waals surface area contributed by atoms with Gasteiger partial charge in [0.25, 0.3) is 0 Å². The van der Waals surface area contributed by atoms with Crippen molar-refractivity contribution in [2.45, 2.75) is 6.42 Å². The first-order valence-electron chi connectivity index (χ1n) is 5.72. The predicted molar refractivity (Wildman–Crippen MR) is 72.4 cm³/mol. The number of hydrogen-bond acceptors (Lipinski definition) is 2. The number of hydrogen-bond donors (Lipinski definition) is 0. The number of carbonyl (C=O) groups excluding carboxylic acids is 1. The second-order valence-corrected chi connectivity index (χ2v) is 4.44. The number of rotatable bonds is 4. The van der Waals surface area contributed by atoms with Crippen molar-refractivity contribution < 1.29 is 13.9 Å². The Morgan fingerprint density at radius 1 is 1.26 bits per heavy atom. The summed E-state index contributed by atoms with van der Waals surface area (Å²) >= 11 is 6.00. The summed E-state index contributed by atoms with van der Waals surface area (Å²) in [7, 11) is 1.44. The minimum absolute atomic E-state index is 0.111. The van der Waals surface area contributed by atoms with Gasteiger partial charge in [-0.2, -0.15) is 0 Å². The molecule has 0 aliphatic rings. The average Bonchev–Trinajstić information content (AvgIpc) is 2.41. The number of ether oxygens (including phenoxy) is 1.